The van der Waals surface area contributed by atoms with Crippen molar-refractivity contribution in [3.8, 4) is 0 Å². The van der Waals surface area contributed by atoms with Crippen molar-refractivity contribution in [2.45, 2.75) is 37.1 Å². The van der Waals surface area contributed by atoms with Crippen molar-refractivity contribution in [3.63, 3.8) is 0 Å². The molecule has 4 atom stereocenters. The fourth-order valence-corrected chi connectivity index (χ4v) is 3.45. The summed E-state index contributed by atoms with van der Waals surface area (Å²) in [5.41, 5.74) is -0.980. The van der Waals surface area contributed by atoms with Crippen molar-refractivity contribution < 1.29 is 33.2 Å². The molecule has 31 heavy (non-hydrogen) atoms. The highest BCUT2D eigenvalue weighted by Crippen LogP contribution is 2.36. The Morgan fingerprint density at radius 2 is 1.84 bits per heavy atom. The van der Waals surface area contributed by atoms with E-state index in [1.165, 1.54) is 0 Å². The summed E-state index contributed by atoms with van der Waals surface area (Å²) >= 11 is 0. The molecule has 1 fully saturated rings. The van der Waals surface area contributed by atoms with Crippen LogP contribution in [0.3, 0.4) is 0 Å². The van der Waals surface area contributed by atoms with Crippen LogP contribution in [-0.4, -0.2) is 66.3 Å². The second-order valence-electron chi connectivity index (χ2n) is 7.11. The van der Waals surface area contributed by atoms with Crippen molar-refractivity contribution in [2.24, 2.45) is 0 Å². The minimum absolute atomic E-state index is 0.223. The Morgan fingerprint density at radius 3 is 2.48 bits per heavy atom. The molecule has 2 aromatic heterocycles. The molecule has 0 amide bonds. The van der Waals surface area contributed by atoms with Crippen molar-refractivity contribution in [1.29, 1.82) is 0 Å². The van der Waals surface area contributed by atoms with Gasteiger partial charge in [0.05, 0.1) is 12.9 Å². The third-order valence-corrected chi connectivity index (χ3v) is 5.02. The van der Waals surface area contributed by atoms with Crippen LogP contribution < -0.4 is 5.32 Å². The lowest BCUT2D eigenvalue weighted by molar-refractivity contribution is -0.139. The van der Waals surface area contributed by atoms with Gasteiger partial charge >= 0.3 is 6.18 Å². The summed E-state index contributed by atoms with van der Waals surface area (Å²) in [5.74, 6) is -0.260. The quantitative estimate of drug-likeness (QED) is 0.450. The van der Waals surface area contributed by atoms with Gasteiger partial charge in [-0.25, -0.2) is 9.97 Å². The van der Waals surface area contributed by atoms with E-state index < -0.39 is 48.5 Å². The molecule has 9 nitrogen and oxygen atoms in total. The number of imidazole rings is 1. The first-order chi connectivity index (χ1) is 14.8. The van der Waals surface area contributed by atoms with Crippen molar-refractivity contribution >= 4 is 17.1 Å². The zero-order valence-electron chi connectivity index (χ0n) is 16.1. The summed E-state index contributed by atoms with van der Waals surface area (Å²) in [4.78, 5) is 11.5. The van der Waals surface area contributed by atoms with Crippen molar-refractivity contribution in [2.75, 3.05) is 18.5 Å². The number of alkyl halides is 3. The zero-order chi connectivity index (χ0) is 22.2. The summed E-state index contributed by atoms with van der Waals surface area (Å²) < 4.78 is 47.3. The standard InChI is InChI=1S/C19H20F3N5O4/c20-19(21,22)15-12-16(26-18(25-15)23-7-6-10-4-2-1-3-5-10)27(9-24-12)17-14(30)13(29)11(8-28)31-17/h1-5,9,11,13-14,17,28-30H,6-8H2,(H,23,25,26)/t11-,13-,14-,17?/m1/s1. The van der Waals surface area contributed by atoms with E-state index in [1.807, 2.05) is 30.3 Å². The van der Waals surface area contributed by atoms with E-state index in [0.717, 1.165) is 16.5 Å². The maximum Gasteiger partial charge on any atom is 0.435 e. The predicted molar refractivity (Wildman–Crippen MR) is 102 cm³/mol. The van der Waals surface area contributed by atoms with Gasteiger partial charge in [0.1, 0.15) is 23.8 Å². The minimum Gasteiger partial charge on any atom is -0.394 e. The van der Waals surface area contributed by atoms with Crippen LogP contribution >= 0.6 is 0 Å². The lowest BCUT2D eigenvalue weighted by atomic mass is 10.1. The number of benzene rings is 1. The predicted octanol–water partition coefficient (Wildman–Crippen LogP) is 1.11. The lowest BCUT2D eigenvalue weighted by Gasteiger charge is -2.17. The average Bonchev–Trinajstić information content (AvgIpc) is 3.28. The maximum absolute atomic E-state index is 13.6. The first-order valence-electron chi connectivity index (χ1n) is 9.51. The summed E-state index contributed by atoms with van der Waals surface area (Å²) in [6.07, 6.45) is -8.50. The average molecular weight is 439 g/mol. The summed E-state index contributed by atoms with van der Waals surface area (Å²) in [7, 11) is 0. The third-order valence-electron chi connectivity index (χ3n) is 5.02. The monoisotopic (exact) mass is 439 g/mol. The van der Waals surface area contributed by atoms with Crippen LogP contribution in [0.15, 0.2) is 36.7 Å². The van der Waals surface area contributed by atoms with Gasteiger partial charge in [0.2, 0.25) is 5.95 Å². The largest absolute Gasteiger partial charge is 0.435 e. The number of aromatic nitrogens is 4. The maximum atomic E-state index is 13.6. The van der Waals surface area contributed by atoms with Crippen LogP contribution in [-0.2, 0) is 17.3 Å². The summed E-state index contributed by atoms with van der Waals surface area (Å²) in [5, 5.41) is 32.3. The second-order valence-corrected chi connectivity index (χ2v) is 7.11. The molecule has 0 saturated carbocycles. The molecule has 0 aliphatic carbocycles. The molecule has 0 spiro atoms. The molecular formula is C19H20F3N5O4. The van der Waals surface area contributed by atoms with Gasteiger partial charge in [-0.2, -0.15) is 18.2 Å². The summed E-state index contributed by atoms with van der Waals surface area (Å²) in [6, 6.07) is 9.37. The molecule has 1 unspecified atom stereocenters. The van der Waals surface area contributed by atoms with Gasteiger partial charge in [-0.1, -0.05) is 30.3 Å². The van der Waals surface area contributed by atoms with Gasteiger partial charge in [-0.3, -0.25) is 4.57 Å². The molecule has 3 aromatic rings. The number of aliphatic hydroxyl groups excluding tert-OH is 3. The summed E-state index contributed by atoms with van der Waals surface area (Å²) in [6.45, 7) is -0.286. The number of nitrogens with one attached hydrogen (secondary N) is 1. The van der Waals surface area contributed by atoms with Crippen LogP contribution in [0.25, 0.3) is 11.2 Å². The Morgan fingerprint density at radius 1 is 1.10 bits per heavy atom. The molecule has 1 aliphatic heterocycles. The van der Waals surface area contributed by atoms with Gasteiger partial charge in [-0.05, 0) is 12.0 Å². The molecule has 1 aromatic carbocycles. The van der Waals surface area contributed by atoms with E-state index in [-0.39, 0.29) is 18.1 Å². The van der Waals surface area contributed by atoms with Crippen LogP contribution in [0.2, 0.25) is 0 Å². The van der Waals surface area contributed by atoms with Gasteiger partial charge in [0, 0.05) is 6.54 Å². The van der Waals surface area contributed by atoms with Gasteiger partial charge in [-0.15, -0.1) is 0 Å². The topological polar surface area (TPSA) is 126 Å². The number of aliphatic hydroxyl groups is 3. The first-order valence-corrected chi connectivity index (χ1v) is 9.51. The second kappa shape index (κ2) is 8.38. The van der Waals surface area contributed by atoms with Gasteiger partial charge in [0.15, 0.2) is 17.6 Å². The number of nitrogens with zero attached hydrogens (tertiary/aromatic N) is 4. The molecule has 1 saturated heterocycles. The number of hydrogen-bond acceptors (Lipinski definition) is 8. The molecule has 166 valence electrons. The SMILES string of the molecule is OC[C@H]1OC(n2cnc3c(C(F)(F)F)nc(NCCc4ccccc4)nc32)[C@H](O)[C@@H]1O. The van der Waals surface area contributed by atoms with Crippen LogP contribution in [0, 0.1) is 0 Å². The highest BCUT2D eigenvalue weighted by Gasteiger charge is 2.45. The van der Waals surface area contributed by atoms with E-state index in [4.69, 9.17) is 4.74 Å². The highest BCUT2D eigenvalue weighted by molar-refractivity contribution is 5.75. The first kappa shape index (κ1) is 21.4. The molecule has 12 heteroatoms. The third kappa shape index (κ3) is 4.19. The van der Waals surface area contributed by atoms with E-state index in [9.17, 15) is 28.5 Å². The number of anilines is 1. The Kier molecular flexibility index (Phi) is 5.79. The minimum atomic E-state index is -4.79. The number of ether oxygens (including phenoxy) is 1. The van der Waals surface area contributed by atoms with Gasteiger partial charge in [0.25, 0.3) is 0 Å². The molecule has 1 aliphatic rings. The molecule has 0 bridgehead atoms. The molecule has 4 rings (SSSR count). The van der Waals surface area contributed by atoms with E-state index in [0.29, 0.717) is 6.42 Å². The Bertz CT molecular complexity index is 1050. The molecular weight excluding hydrogens is 419 g/mol. The Hall–Kier alpha value is -2.80. The normalized spacial score (nSPS) is 24.1. The fourth-order valence-electron chi connectivity index (χ4n) is 3.45. The highest BCUT2D eigenvalue weighted by atomic mass is 19.4. The molecule has 3 heterocycles. The number of rotatable bonds is 6. The van der Waals surface area contributed by atoms with Gasteiger partial charge < -0.3 is 25.4 Å². The van der Waals surface area contributed by atoms with Crippen LogP contribution in [0.1, 0.15) is 17.5 Å². The molecule has 0 radical (unpaired) electrons. The van der Waals surface area contributed by atoms with Crippen LogP contribution in [0.5, 0.6) is 0 Å². The number of halogens is 3. The zero-order valence-corrected chi connectivity index (χ0v) is 16.1. The number of hydrogen-bond donors (Lipinski definition) is 4. The number of fused-ring (bicyclic) bond motifs is 1. The van der Waals surface area contributed by atoms with E-state index in [2.05, 4.69) is 20.3 Å². The van der Waals surface area contributed by atoms with E-state index >= 15 is 0 Å². The van der Waals surface area contributed by atoms with E-state index in [1.54, 1.807) is 0 Å². The Balaban J connectivity index is 1.67. The van der Waals surface area contributed by atoms with Crippen LogP contribution in [0.4, 0.5) is 19.1 Å². The fraction of sp³-hybridized carbons (Fsp3) is 0.421. The molecule has 4 N–H and O–H groups in total. The van der Waals surface area contributed by atoms with Crippen molar-refractivity contribution in [1.82, 2.24) is 19.5 Å². The lowest BCUT2D eigenvalue weighted by Crippen LogP contribution is -2.33. The smallest absolute Gasteiger partial charge is 0.394 e. The van der Waals surface area contributed by atoms with Crippen molar-refractivity contribution in [3.05, 3.63) is 47.9 Å². The Labute approximate surface area is 174 Å².